The number of aliphatic hydroxyl groups is 1. The van der Waals surface area contributed by atoms with E-state index in [1.54, 1.807) is 11.3 Å². The molecule has 4 nitrogen and oxygen atoms in total. The third-order valence-corrected chi connectivity index (χ3v) is 4.68. The van der Waals surface area contributed by atoms with Gasteiger partial charge in [0.15, 0.2) is 0 Å². The van der Waals surface area contributed by atoms with Gasteiger partial charge in [-0.15, -0.1) is 11.3 Å². The van der Waals surface area contributed by atoms with Gasteiger partial charge in [-0.25, -0.2) is 0 Å². The van der Waals surface area contributed by atoms with Crippen LogP contribution in [0, 0.1) is 5.92 Å². The summed E-state index contributed by atoms with van der Waals surface area (Å²) >= 11 is 1.56. The molecule has 5 heteroatoms. The lowest BCUT2D eigenvalue weighted by atomic mass is 9.87. The van der Waals surface area contributed by atoms with Gasteiger partial charge < -0.3 is 15.5 Å². The minimum atomic E-state index is -0.776. The van der Waals surface area contributed by atoms with Gasteiger partial charge in [-0.2, -0.15) is 0 Å². The molecule has 1 aromatic rings. The molecule has 1 saturated carbocycles. The quantitative estimate of drug-likeness (QED) is 0.747. The Morgan fingerprint density at radius 3 is 2.63 bits per heavy atom. The summed E-state index contributed by atoms with van der Waals surface area (Å²) in [6.07, 6.45) is 4.08. The highest BCUT2D eigenvalue weighted by molar-refractivity contribution is 7.12. The minimum Gasteiger partial charge on any atom is -0.481 e. The van der Waals surface area contributed by atoms with Crippen molar-refractivity contribution >= 4 is 17.3 Å². The van der Waals surface area contributed by atoms with Crippen molar-refractivity contribution in [2.75, 3.05) is 6.54 Å². The topological polar surface area (TPSA) is 69.6 Å². The fourth-order valence-electron chi connectivity index (χ4n) is 2.51. The van der Waals surface area contributed by atoms with Gasteiger partial charge in [0.1, 0.15) is 0 Å². The van der Waals surface area contributed by atoms with Gasteiger partial charge >= 0.3 is 5.97 Å². The Morgan fingerprint density at radius 2 is 1.95 bits per heavy atom. The Kier molecular flexibility index (Phi) is 5.36. The molecule has 0 spiro atoms. The number of rotatable bonds is 6. The summed E-state index contributed by atoms with van der Waals surface area (Å²) in [5.41, 5.74) is 0. The number of carboxylic acids is 1. The van der Waals surface area contributed by atoms with Crippen molar-refractivity contribution in [1.29, 1.82) is 0 Å². The molecule has 3 N–H and O–H groups in total. The zero-order valence-corrected chi connectivity index (χ0v) is 11.8. The van der Waals surface area contributed by atoms with Crippen LogP contribution in [0.2, 0.25) is 0 Å². The van der Waals surface area contributed by atoms with E-state index >= 15 is 0 Å². The van der Waals surface area contributed by atoms with E-state index in [-0.39, 0.29) is 12.5 Å². The van der Waals surface area contributed by atoms with E-state index in [9.17, 15) is 9.90 Å². The molecule has 2 rings (SSSR count). The van der Waals surface area contributed by atoms with E-state index in [2.05, 4.69) is 5.32 Å². The van der Waals surface area contributed by atoms with Gasteiger partial charge in [0.25, 0.3) is 0 Å². The molecular weight excluding hydrogens is 262 g/mol. The highest BCUT2D eigenvalue weighted by Crippen LogP contribution is 2.23. The molecule has 1 aliphatic rings. The van der Waals surface area contributed by atoms with Crippen molar-refractivity contribution in [3.8, 4) is 0 Å². The number of thiophene rings is 1. The molecule has 1 aliphatic carbocycles. The van der Waals surface area contributed by atoms with Crippen LogP contribution in [0.15, 0.2) is 12.1 Å². The summed E-state index contributed by atoms with van der Waals surface area (Å²) in [5.74, 6) is -0.107. The molecule has 0 radical (unpaired) electrons. The van der Waals surface area contributed by atoms with Gasteiger partial charge in [-0.1, -0.05) is 0 Å². The van der Waals surface area contributed by atoms with Gasteiger partial charge in [0.05, 0.1) is 12.5 Å². The number of carbonyl (C=O) groups is 1. The smallest absolute Gasteiger partial charge is 0.308 e. The van der Waals surface area contributed by atoms with Crippen molar-refractivity contribution in [1.82, 2.24) is 5.32 Å². The largest absolute Gasteiger partial charge is 0.481 e. The molecule has 19 heavy (non-hydrogen) atoms. The molecule has 0 aromatic carbocycles. The maximum Gasteiger partial charge on any atom is 0.308 e. The Balaban J connectivity index is 1.68. The molecule has 1 fully saturated rings. The SMILES string of the molecule is O=C(O)Cc1ccc(CNCC2CCC(O)CC2)s1. The predicted molar refractivity (Wildman–Crippen MR) is 75.3 cm³/mol. The third kappa shape index (κ3) is 4.93. The maximum atomic E-state index is 10.6. The summed E-state index contributed by atoms with van der Waals surface area (Å²) in [6.45, 7) is 1.79. The lowest BCUT2D eigenvalue weighted by Gasteiger charge is -2.25. The predicted octanol–water partition coefficient (Wildman–Crippen LogP) is 2.02. The van der Waals surface area contributed by atoms with Crippen LogP contribution >= 0.6 is 11.3 Å². The Labute approximate surface area is 117 Å². The minimum absolute atomic E-state index is 0.0906. The molecule has 0 saturated heterocycles. The molecule has 106 valence electrons. The second kappa shape index (κ2) is 7.03. The van der Waals surface area contributed by atoms with Crippen molar-refractivity contribution in [2.24, 2.45) is 5.92 Å². The molecule has 0 aliphatic heterocycles. The first-order valence-electron chi connectivity index (χ1n) is 6.81. The number of hydrogen-bond donors (Lipinski definition) is 3. The average Bonchev–Trinajstić information content (AvgIpc) is 2.78. The van der Waals surface area contributed by atoms with E-state index < -0.39 is 5.97 Å². The molecule has 0 atom stereocenters. The van der Waals surface area contributed by atoms with Crippen LogP contribution in [0.1, 0.15) is 35.4 Å². The lowest BCUT2D eigenvalue weighted by Crippen LogP contribution is -2.27. The summed E-state index contributed by atoms with van der Waals surface area (Å²) in [7, 11) is 0. The van der Waals surface area contributed by atoms with Crippen LogP contribution in [0.5, 0.6) is 0 Å². The Hall–Kier alpha value is -0.910. The summed E-state index contributed by atoms with van der Waals surface area (Å²) in [6, 6.07) is 3.90. The molecular formula is C14H21NO3S. The number of hydrogen-bond acceptors (Lipinski definition) is 4. The van der Waals surface area contributed by atoms with Gasteiger partial charge in [-0.3, -0.25) is 4.79 Å². The standard InChI is InChI=1S/C14H21NO3S/c16-11-3-1-10(2-4-11)8-15-9-13-6-5-12(19-13)7-14(17)18/h5-6,10-11,15-16H,1-4,7-9H2,(H,17,18). The van der Waals surface area contributed by atoms with Crippen molar-refractivity contribution in [2.45, 2.75) is 44.8 Å². The van der Waals surface area contributed by atoms with Gasteiger partial charge in [-0.05, 0) is 50.3 Å². The first kappa shape index (κ1) is 14.5. The highest BCUT2D eigenvalue weighted by Gasteiger charge is 2.18. The van der Waals surface area contributed by atoms with Crippen LogP contribution in [0.4, 0.5) is 0 Å². The normalized spacial score (nSPS) is 23.4. The second-order valence-corrected chi connectivity index (χ2v) is 6.50. The first-order chi connectivity index (χ1) is 9.13. The molecule has 1 heterocycles. The summed E-state index contributed by atoms with van der Waals surface area (Å²) in [4.78, 5) is 12.7. The van der Waals surface area contributed by atoms with Crippen LogP contribution in [0.3, 0.4) is 0 Å². The van der Waals surface area contributed by atoms with Crippen LogP contribution in [-0.2, 0) is 17.8 Å². The molecule has 0 unspecified atom stereocenters. The monoisotopic (exact) mass is 283 g/mol. The number of aliphatic hydroxyl groups excluding tert-OH is 1. The van der Waals surface area contributed by atoms with E-state index in [1.807, 2.05) is 12.1 Å². The molecule has 0 amide bonds. The second-order valence-electron chi connectivity index (χ2n) is 5.24. The Morgan fingerprint density at radius 1 is 1.26 bits per heavy atom. The van der Waals surface area contributed by atoms with Crippen LogP contribution in [0.25, 0.3) is 0 Å². The van der Waals surface area contributed by atoms with Gasteiger partial charge in [0, 0.05) is 16.3 Å². The fourth-order valence-corrected chi connectivity index (χ4v) is 3.49. The van der Waals surface area contributed by atoms with E-state index in [0.29, 0.717) is 5.92 Å². The fraction of sp³-hybridized carbons (Fsp3) is 0.643. The summed E-state index contributed by atoms with van der Waals surface area (Å²) < 4.78 is 0. The maximum absolute atomic E-state index is 10.6. The zero-order chi connectivity index (χ0) is 13.7. The van der Waals surface area contributed by atoms with E-state index in [0.717, 1.165) is 43.6 Å². The van der Waals surface area contributed by atoms with E-state index in [4.69, 9.17) is 5.11 Å². The van der Waals surface area contributed by atoms with Crippen molar-refractivity contribution < 1.29 is 15.0 Å². The van der Waals surface area contributed by atoms with E-state index in [1.165, 1.54) is 4.88 Å². The van der Waals surface area contributed by atoms with Crippen molar-refractivity contribution in [3.63, 3.8) is 0 Å². The number of carboxylic acid groups (broad SMARTS) is 1. The van der Waals surface area contributed by atoms with Crippen molar-refractivity contribution in [3.05, 3.63) is 21.9 Å². The molecule has 1 aromatic heterocycles. The average molecular weight is 283 g/mol. The lowest BCUT2D eigenvalue weighted by molar-refractivity contribution is -0.136. The third-order valence-electron chi connectivity index (χ3n) is 3.59. The zero-order valence-electron chi connectivity index (χ0n) is 11.0. The number of aliphatic carboxylic acids is 1. The molecule has 0 bridgehead atoms. The highest BCUT2D eigenvalue weighted by atomic mass is 32.1. The van der Waals surface area contributed by atoms with Crippen LogP contribution in [-0.4, -0.2) is 28.8 Å². The van der Waals surface area contributed by atoms with Gasteiger partial charge in [0.2, 0.25) is 0 Å². The number of nitrogens with one attached hydrogen (secondary N) is 1. The first-order valence-corrected chi connectivity index (χ1v) is 7.63. The summed E-state index contributed by atoms with van der Waals surface area (Å²) in [5, 5.41) is 21.6. The van der Waals surface area contributed by atoms with Crippen LogP contribution < -0.4 is 5.32 Å². The Bertz CT molecular complexity index is 411.